The molecule has 0 amide bonds. The van der Waals surface area contributed by atoms with E-state index in [0.717, 1.165) is 6.07 Å². The van der Waals surface area contributed by atoms with Crippen LogP contribution in [0.25, 0.3) is 5.69 Å². The van der Waals surface area contributed by atoms with Gasteiger partial charge in [0.25, 0.3) is 11.2 Å². The lowest BCUT2D eigenvalue weighted by Gasteiger charge is -2.04. The average molecular weight is 273 g/mol. The zero-order chi connectivity index (χ0) is 14.2. The van der Waals surface area contributed by atoms with Crippen LogP contribution in [0, 0.1) is 10.1 Å². The van der Waals surface area contributed by atoms with Gasteiger partial charge in [-0.3, -0.25) is 20.0 Å². The van der Waals surface area contributed by atoms with Gasteiger partial charge in [0.2, 0.25) is 0 Å². The highest BCUT2D eigenvalue weighted by atomic mass is 19.4. The Labute approximate surface area is 103 Å². The van der Waals surface area contributed by atoms with Gasteiger partial charge in [0.15, 0.2) is 0 Å². The number of non-ortho nitro benzene ring substituents is 1. The molecule has 1 N–H and O–H groups in total. The number of H-pyrrole nitrogens is 1. The van der Waals surface area contributed by atoms with Crippen LogP contribution in [0.2, 0.25) is 0 Å². The molecule has 0 aliphatic heterocycles. The summed E-state index contributed by atoms with van der Waals surface area (Å²) in [6, 6.07) is 5.11. The van der Waals surface area contributed by atoms with E-state index < -0.39 is 22.4 Å². The molecule has 0 atom stereocenters. The zero-order valence-corrected chi connectivity index (χ0v) is 9.14. The van der Waals surface area contributed by atoms with Crippen LogP contribution in [0.3, 0.4) is 0 Å². The number of aromatic nitrogens is 2. The minimum atomic E-state index is -4.69. The Morgan fingerprint density at radius 2 is 1.95 bits per heavy atom. The van der Waals surface area contributed by atoms with Crippen LogP contribution in [0.5, 0.6) is 0 Å². The number of nitrogens with zero attached hydrogens (tertiary/aromatic N) is 2. The summed E-state index contributed by atoms with van der Waals surface area (Å²) < 4.78 is 37.8. The van der Waals surface area contributed by atoms with Gasteiger partial charge in [-0.1, -0.05) is 6.07 Å². The summed E-state index contributed by atoms with van der Waals surface area (Å²) in [6.07, 6.45) is -4.69. The van der Waals surface area contributed by atoms with Crippen molar-refractivity contribution >= 4 is 5.69 Å². The molecule has 0 aliphatic rings. The first-order chi connectivity index (χ1) is 8.79. The Kier molecular flexibility index (Phi) is 2.89. The average Bonchev–Trinajstić information content (AvgIpc) is 2.71. The zero-order valence-electron chi connectivity index (χ0n) is 9.14. The lowest BCUT2D eigenvalue weighted by molar-refractivity contribution is -0.384. The first-order valence-corrected chi connectivity index (χ1v) is 4.93. The molecule has 0 radical (unpaired) electrons. The second kappa shape index (κ2) is 4.26. The Morgan fingerprint density at radius 3 is 2.47 bits per heavy atom. The maximum Gasteiger partial charge on any atom is 0.432 e. The van der Waals surface area contributed by atoms with Crippen LogP contribution in [-0.4, -0.2) is 14.7 Å². The molecule has 1 aromatic heterocycles. The minimum Gasteiger partial charge on any atom is -0.286 e. The second-order valence-corrected chi connectivity index (χ2v) is 3.62. The smallest absolute Gasteiger partial charge is 0.286 e. The van der Waals surface area contributed by atoms with E-state index in [1.165, 1.54) is 18.2 Å². The summed E-state index contributed by atoms with van der Waals surface area (Å²) in [4.78, 5) is 21.3. The Hall–Kier alpha value is -2.58. The van der Waals surface area contributed by atoms with E-state index in [9.17, 15) is 28.1 Å². The fourth-order valence-electron chi connectivity index (χ4n) is 1.48. The number of alkyl halides is 3. The molecule has 19 heavy (non-hydrogen) atoms. The van der Waals surface area contributed by atoms with Gasteiger partial charge < -0.3 is 0 Å². The molecule has 0 bridgehead atoms. The van der Waals surface area contributed by atoms with Crippen molar-refractivity contribution in [3.05, 3.63) is 56.5 Å². The van der Waals surface area contributed by atoms with Crippen LogP contribution >= 0.6 is 0 Å². The molecule has 2 aromatic rings. The summed E-state index contributed by atoms with van der Waals surface area (Å²) in [7, 11) is 0. The third-order valence-corrected chi connectivity index (χ3v) is 2.32. The van der Waals surface area contributed by atoms with Crippen molar-refractivity contribution in [2.45, 2.75) is 6.18 Å². The molecule has 0 fully saturated rings. The van der Waals surface area contributed by atoms with Crippen LogP contribution < -0.4 is 5.56 Å². The van der Waals surface area contributed by atoms with Crippen LogP contribution in [-0.2, 0) is 6.18 Å². The van der Waals surface area contributed by atoms with E-state index in [2.05, 4.69) is 0 Å². The van der Waals surface area contributed by atoms with Crippen molar-refractivity contribution < 1.29 is 18.1 Å². The van der Waals surface area contributed by atoms with E-state index in [0.29, 0.717) is 10.7 Å². The van der Waals surface area contributed by atoms with Crippen molar-refractivity contribution in [2.24, 2.45) is 0 Å². The van der Waals surface area contributed by atoms with Crippen molar-refractivity contribution in [1.82, 2.24) is 9.78 Å². The van der Waals surface area contributed by atoms with Gasteiger partial charge in [-0.25, -0.2) is 4.68 Å². The molecule has 0 unspecified atom stereocenters. The SMILES string of the molecule is O=c1cc(C(F)(F)F)[nH]n1-c1cccc([N+](=O)[O-])c1. The predicted octanol–water partition coefficient (Wildman–Crippen LogP) is 2.09. The van der Waals surface area contributed by atoms with Gasteiger partial charge in [0.05, 0.1) is 10.6 Å². The normalized spacial score (nSPS) is 11.5. The summed E-state index contributed by atoms with van der Waals surface area (Å²) in [5.41, 5.74) is -2.54. The predicted molar refractivity (Wildman–Crippen MR) is 58.0 cm³/mol. The molecule has 0 saturated heterocycles. The van der Waals surface area contributed by atoms with E-state index in [4.69, 9.17) is 0 Å². The van der Waals surface area contributed by atoms with Crippen LogP contribution in [0.4, 0.5) is 18.9 Å². The number of nitrogens with one attached hydrogen (secondary N) is 1. The number of benzene rings is 1. The number of hydrogen-bond donors (Lipinski definition) is 1. The molecule has 0 aliphatic carbocycles. The highest BCUT2D eigenvalue weighted by Gasteiger charge is 2.33. The Bertz CT molecular complexity index is 687. The Balaban J connectivity index is 2.54. The van der Waals surface area contributed by atoms with Gasteiger partial charge in [-0.05, 0) is 6.07 Å². The molecule has 0 spiro atoms. The van der Waals surface area contributed by atoms with Crippen molar-refractivity contribution in [1.29, 1.82) is 0 Å². The first-order valence-electron chi connectivity index (χ1n) is 4.93. The van der Waals surface area contributed by atoms with Crippen molar-refractivity contribution in [3.8, 4) is 5.69 Å². The quantitative estimate of drug-likeness (QED) is 0.672. The van der Waals surface area contributed by atoms with Gasteiger partial charge in [0, 0.05) is 18.2 Å². The van der Waals surface area contributed by atoms with Gasteiger partial charge in [0.1, 0.15) is 5.69 Å². The molecule has 1 heterocycles. The highest BCUT2D eigenvalue weighted by Crippen LogP contribution is 2.27. The highest BCUT2D eigenvalue weighted by molar-refractivity contribution is 5.42. The lowest BCUT2D eigenvalue weighted by Crippen LogP contribution is -2.13. The van der Waals surface area contributed by atoms with E-state index in [1.807, 2.05) is 5.10 Å². The third-order valence-electron chi connectivity index (χ3n) is 2.32. The topological polar surface area (TPSA) is 80.9 Å². The number of nitro groups is 1. The molecule has 9 heteroatoms. The number of halogens is 3. The fourth-order valence-corrected chi connectivity index (χ4v) is 1.48. The summed E-state index contributed by atoms with van der Waals surface area (Å²) in [6.45, 7) is 0. The third kappa shape index (κ3) is 2.49. The van der Waals surface area contributed by atoms with E-state index in [1.54, 1.807) is 0 Å². The van der Waals surface area contributed by atoms with E-state index >= 15 is 0 Å². The van der Waals surface area contributed by atoms with Crippen molar-refractivity contribution in [3.63, 3.8) is 0 Å². The monoisotopic (exact) mass is 273 g/mol. The number of nitro benzene ring substituents is 1. The van der Waals surface area contributed by atoms with Crippen LogP contribution in [0.15, 0.2) is 35.1 Å². The summed E-state index contributed by atoms with van der Waals surface area (Å²) >= 11 is 0. The van der Waals surface area contributed by atoms with E-state index in [-0.39, 0.29) is 11.4 Å². The summed E-state index contributed by atoms with van der Waals surface area (Å²) in [5.74, 6) is 0. The maximum atomic E-state index is 12.4. The number of rotatable bonds is 2. The molecular formula is C10H6F3N3O3. The molecular weight excluding hydrogens is 267 g/mol. The molecule has 1 aromatic carbocycles. The summed E-state index contributed by atoms with van der Waals surface area (Å²) in [5, 5.41) is 12.4. The van der Waals surface area contributed by atoms with Gasteiger partial charge in [-0.15, -0.1) is 0 Å². The Morgan fingerprint density at radius 1 is 1.26 bits per heavy atom. The second-order valence-electron chi connectivity index (χ2n) is 3.62. The first kappa shape index (κ1) is 12.9. The van der Waals surface area contributed by atoms with Gasteiger partial charge >= 0.3 is 6.18 Å². The van der Waals surface area contributed by atoms with Crippen LogP contribution in [0.1, 0.15) is 5.69 Å². The minimum absolute atomic E-state index is 0.0466. The molecule has 100 valence electrons. The lowest BCUT2D eigenvalue weighted by atomic mass is 10.3. The number of hydrogen-bond acceptors (Lipinski definition) is 3. The largest absolute Gasteiger partial charge is 0.432 e. The molecule has 2 rings (SSSR count). The molecule has 0 saturated carbocycles. The fraction of sp³-hybridized carbons (Fsp3) is 0.100. The number of aromatic amines is 1. The van der Waals surface area contributed by atoms with Gasteiger partial charge in [-0.2, -0.15) is 13.2 Å². The maximum absolute atomic E-state index is 12.4. The van der Waals surface area contributed by atoms with Crippen molar-refractivity contribution in [2.75, 3.05) is 0 Å². The standard InChI is InChI=1S/C10H6F3N3O3/c11-10(12,13)8-5-9(17)15(14-8)6-2-1-3-7(4-6)16(18)19/h1-5,14H. The molecule has 6 nitrogen and oxygen atoms in total.